The summed E-state index contributed by atoms with van der Waals surface area (Å²) in [6, 6.07) is 7.75. The molecule has 0 unspecified atom stereocenters. The third-order valence-electron chi connectivity index (χ3n) is 3.10. The molecular formula is C16H24ClNO3S. The molecule has 0 heterocycles. The van der Waals surface area contributed by atoms with Crippen molar-refractivity contribution in [2.75, 3.05) is 12.3 Å². The van der Waals surface area contributed by atoms with Crippen LogP contribution in [0.25, 0.3) is 6.08 Å². The highest BCUT2D eigenvalue weighted by atomic mass is 35.5. The molecule has 0 saturated carbocycles. The van der Waals surface area contributed by atoms with Crippen molar-refractivity contribution < 1.29 is 13.0 Å². The zero-order chi connectivity index (χ0) is 16.6. The molecule has 0 aliphatic carbocycles. The highest BCUT2D eigenvalue weighted by Gasteiger charge is 2.08. The van der Waals surface area contributed by atoms with Crippen LogP contribution in [0.3, 0.4) is 0 Å². The zero-order valence-corrected chi connectivity index (χ0v) is 14.6. The Bertz CT molecular complexity index is 568. The molecule has 1 aromatic rings. The van der Waals surface area contributed by atoms with Gasteiger partial charge in [-0.2, -0.15) is 8.42 Å². The van der Waals surface area contributed by atoms with E-state index in [1.165, 1.54) is 0 Å². The molecule has 0 amide bonds. The van der Waals surface area contributed by atoms with Gasteiger partial charge in [-0.15, -0.1) is 0 Å². The molecule has 0 spiro atoms. The van der Waals surface area contributed by atoms with Gasteiger partial charge in [0.15, 0.2) is 0 Å². The summed E-state index contributed by atoms with van der Waals surface area (Å²) in [5.74, 6) is 0.309. The first-order chi connectivity index (χ1) is 10.3. The number of hydrogen-bond acceptors (Lipinski definition) is 3. The smallest absolute Gasteiger partial charge is 0.264 e. The Morgan fingerprint density at radius 1 is 1.27 bits per heavy atom. The van der Waals surface area contributed by atoms with Crippen LogP contribution in [0.1, 0.15) is 32.3 Å². The molecular weight excluding hydrogens is 322 g/mol. The number of benzene rings is 1. The Kier molecular flexibility index (Phi) is 8.10. The van der Waals surface area contributed by atoms with E-state index < -0.39 is 10.1 Å². The number of rotatable bonds is 9. The summed E-state index contributed by atoms with van der Waals surface area (Å²) in [4.78, 5) is 0. The Hall–Kier alpha value is -0.880. The fourth-order valence-corrected chi connectivity index (χ4v) is 2.72. The molecule has 6 heteroatoms. The van der Waals surface area contributed by atoms with Gasteiger partial charge in [0, 0.05) is 11.1 Å². The van der Waals surface area contributed by atoms with Gasteiger partial charge in [0.1, 0.15) is 0 Å². The SMILES string of the molecule is CC(C)C[C@@H](C=Cc1ccc(Cl)cc1)NCCCS(=O)(=O)O. The summed E-state index contributed by atoms with van der Waals surface area (Å²) in [5, 5.41) is 4.02. The van der Waals surface area contributed by atoms with E-state index in [9.17, 15) is 8.42 Å². The maximum atomic E-state index is 10.7. The average Bonchev–Trinajstić information content (AvgIpc) is 2.40. The Morgan fingerprint density at radius 2 is 1.91 bits per heavy atom. The monoisotopic (exact) mass is 345 g/mol. The highest BCUT2D eigenvalue weighted by Crippen LogP contribution is 2.12. The minimum Gasteiger partial charge on any atom is -0.310 e. The van der Waals surface area contributed by atoms with Gasteiger partial charge in [-0.1, -0.05) is 49.7 Å². The Labute approximate surface area is 138 Å². The molecule has 0 aromatic heterocycles. The van der Waals surface area contributed by atoms with Crippen LogP contribution in [0.5, 0.6) is 0 Å². The Balaban J connectivity index is 2.54. The summed E-state index contributed by atoms with van der Waals surface area (Å²) in [5.41, 5.74) is 1.07. The van der Waals surface area contributed by atoms with Crippen LogP contribution in [0.4, 0.5) is 0 Å². The molecule has 0 aliphatic rings. The summed E-state index contributed by atoms with van der Waals surface area (Å²) in [6.45, 7) is 4.83. The van der Waals surface area contributed by atoms with Crippen LogP contribution in [-0.2, 0) is 10.1 Å². The van der Waals surface area contributed by atoms with Gasteiger partial charge in [0.2, 0.25) is 0 Å². The number of nitrogens with one attached hydrogen (secondary N) is 1. The van der Waals surface area contributed by atoms with E-state index >= 15 is 0 Å². The molecule has 1 rings (SSSR count). The second-order valence-corrected chi connectivity index (χ2v) is 7.75. The second-order valence-electron chi connectivity index (χ2n) is 5.74. The van der Waals surface area contributed by atoms with E-state index in [2.05, 4.69) is 25.2 Å². The lowest BCUT2D eigenvalue weighted by Gasteiger charge is -2.17. The molecule has 22 heavy (non-hydrogen) atoms. The van der Waals surface area contributed by atoms with Gasteiger partial charge >= 0.3 is 0 Å². The van der Waals surface area contributed by atoms with Crippen LogP contribution in [0, 0.1) is 5.92 Å². The van der Waals surface area contributed by atoms with Gasteiger partial charge in [-0.05, 0) is 43.0 Å². The molecule has 0 radical (unpaired) electrons. The minimum absolute atomic E-state index is 0.164. The van der Waals surface area contributed by atoms with Crippen molar-refractivity contribution in [1.29, 1.82) is 0 Å². The van der Waals surface area contributed by atoms with Crippen molar-refractivity contribution in [3.05, 3.63) is 40.9 Å². The third kappa shape index (κ3) is 9.20. The maximum Gasteiger partial charge on any atom is 0.264 e. The van der Waals surface area contributed by atoms with E-state index in [-0.39, 0.29) is 11.8 Å². The van der Waals surface area contributed by atoms with Gasteiger partial charge in [-0.25, -0.2) is 0 Å². The van der Waals surface area contributed by atoms with Crippen molar-refractivity contribution in [3.8, 4) is 0 Å². The van der Waals surface area contributed by atoms with Crippen molar-refractivity contribution in [2.45, 2.75) is 32.7 Å². The zero-order valence-electron chi connectivity index (χ0n) is 13.0. The molecule has 2 N–H and O–H groups in total. The molecule has 0 saturated heterocycles. The van der Waals surface area contributed by atoms with Crippen LogP contribution >= 0.6 is 11.6 Å². The molecule has 0 aliphatic heterocycles. The largest absolute Gasteiger partial charge is 0.310 e. The topological polar surface area (TPSA) is 66.4 Å². The van der Waals surface area contributed by atoms with Gasteiger partial charge < -0.3 is 5.32 Å². The average molecular weight is 346 g/mol. The molecule has 1 aromatic carbocycles. The first-order valence-corrected chi connectivity index (χ1v) is 9.37. The fraction of sp³-hybridized carbons (Fsp3) is 0.500. The van der Waals surface area contributed by atoms with E-state index in [4.69, 9.17) is 16.2 Å². The molecule has 1 atom stereocenters. The first-order valence-electron chi connectivity index (χ1n) is 7.38. The van der Waals surface area contributed by atoms with E-state index in [1.54, 1.807) is 0 Å². The van der Waals surface area contributed by atoms with Gasteiger partial charge in [0.25, 0.3) is 10.1 Å². The lowest BCUT2D eigenvalue weighted by atomic mass is 10.0. The maximum absolute atomic E-state index is 10.7. The van der Waals surface area contributed by atoms with Gasteiger partial charge in [-0.3, -0.25) is 4.55 Å². The van der Waals surface area contributed by atoms with Crippen LogP contribution in [0.2, 0.25) is 5.02 Å². The minimum atomic E-state index is -3.87. The van der Waals surface area contributed by atoms with Crippen molar-refractivity contribution in [3.63, 3.8) is 0 Å². The molecule has 0 bridgehead atoms. The predicted octanol–water partition coefficient (Wildman–Crippen LogP) is 3.64. The lowest BCUT2D eigenvalue weighted by Crippen LogP contribution is -2.30. The van der Waals surface area contributed by atoms with Gasteiger partial charge in [0.05, 0.1) is 5.75 Å². The number of hydrogen-bond donors (Lipinski definition) is 2. The first kappa shape index (κ1) is 19.2. The standard InChI is InChI=1S/C16H24ClNO3S/c1-13(2)12-16(18-10-3-11-22(19,20)21)9-6-14-4-7-15(17)8-5-14/h4-9,13,16,18H,3,10-12H2,1-2H3,(H,19,20,21)/t16-/m1/s1. The van der Waals surface area contributed by atoms with Crippen molar-refractivity contribution in [2.24, 2.45) is 5.92 Å². The summed E-state index contributed by atoms with van der Waals surface area (Å²) in [6.07, 6.45) is 5.45. The fourth-order valence-electron chi connectivity index (χ4n) is 2.08. The van der Waals surface area contributed by atoms with E-state index in [1.807, 2.05) is 30.3 Å². The normalized spacial score (nSPS) is 13.9. The van der Waals surface area contributed by atoms with Crippen LogP contribution < -0.4 is 5.32 Å². The molecule has 0 fully saturated rings. The summed E-state index contributed by atoms with van der Waals surface area (Å²) < 4.78 is 30.1. The van der Waals surface area contributed by atoms with Crippen LogP contribution in [-0.4, -0.2) is 31.3 Å². The second kappa shape index (κ2) is 9.30. The lowest BCUT2D eigenvalue weighted by molar-refractivity contribution is 0.462. The quantitative estimate of drug-likeness (QED) is 0.529. The van der Waals surface area contributed by atoms with Crippen LogP contribution in [0.15, 0.2) is 30.3 Å². The van der Waals surface area contributed by atoms with Crippen molar-refractivity contribution in [1.82, 2.24) is 5.32 Å². The molecule has 124 valence electrons. The summed E-state index contributed by atoms with van der Waals surface area (Å²) >= 11 is 5.86. The van der Waals surface area contributed by atoms with E-state index in [0.717, 1.165) is 12.0 Å². The van der Waals surface area contributed by atoms with Crippen molar-refractivity contribution >= 4 is 27.8 Å². The van der Waals surface area contributed by atoms with E-state index in [0.29, 0.717) is 23.9 Å². The predicted molar refractivity (Wildman–Crippen MR) is 92.8 cm³/mol. The highest BCUT2D eigenvalue weighted by molar-refractivity contribution is 7.85. The molecule has 4 nitrogen and oxygen atoms in total. The third-order valence-corrected chi connectivity index (χ3v) is 4.16. The Morgan fingerprint density at radius 3 is 2.45 bits per heavy atom. The summed E-state index contributed by atoms with van der Waals surface area (Å²) in [7, 11) is -3.87. The number of halogens is 1.